The first kappa shape index (κ1) is 19.9. The quantitative estimate of drug-likeness (QED) is 0.659. The maximum atomic E-state index is 12.8. The van der Waals surface area contributed by atoms with Crippen molar-refractivity contribution in [3.63, 3.8) is 0 Å². The second-order valence-electron chi connectivity index (χ2n) is 6.93. The highest BCUT2D eigenvalue weighted by Gasteiger charge is 2.22. The number of carboxylic acid groups (broad SMARTS) is 1. The molecule has 0 aromatic carbocycles. The van der Waals surface area contributed by atoms with E-state index in [1.54, 1.807) is 0 Å². The Labute approximate surface area is 169 Å². The van der Waals surface area contributed by atoms with Gasteiger partial charge in [0.1, 0.15) is 17.0 Å². The molecule has 3 aromatic heterocycles. The zero-order chi connectivity index (χ0) is 21.3. The molecule has 30 heavy (non-hydrogen) atoms. The number of amides is 1. The molecule has 1 amide bonds. The number of nitrogens with one attached hydrogen (secondary N) is 1. The number of aromatic nitrogens is 3. The summed E-state index contributed by atoms with van der Waals surface area (Å²) in [6, 6.07) is 7.02. The highest BCUT2D eigenvalue weighted by atomic mass is 19.3. The number of halogens is 2. The molecule has 1 saturated heterocycles. The third-order valence-electron chi connectivity index (χ3n) is 4.96. The summed E-state index contributed by atoms with van der Waals surface area (Å²) < 4.78 is 32.5. The van der Waals surface area contributed by atoms with Gasteiger partial charge >= 0.3 is 5.97 Å². The van der Waals surface area contributed by atoms with Gasteiger partial charge in [-0.25, -0.2) is 23.1 Å². The molecule has 3 aromatic rings. The molecule has 4 rings (SSSR count). The number of anilines is 1. The van der Waals surface area contributed by atoms with Gasteiger partial charge in [-0.3, -0.25) is 4.79 Å². The van der Waals surface area contributed by atoms with Crippen LogP contribution in [0.2, 0.25) is 0 Å². The van der Waals surface area contributed by atoms with Gasteiger partial charge in [-0.05, 0) is 37.1 Å². The average molecular weight is 416 g/mol. The molecule has 0 aliphatic carbocycles. The smallest absolute Gasteiger partial charge is 0.339 e. The van der Waals surface area contributed by atoms with Crippen LogP contribution in [0.1, 0.15) is 57.4 Å². The fraction of sp³-hybridized carbons (Fsp3) is 0.300. The lowest BCUT2D eigenvalue weighted by Gasteiger charge is -2.19. The number of pyridine rings is 2. The van der Waals surface area contributed by atoms with Gasteiger partial charge in [-0.1, -0.05) is 6.07 Å². The van der Waals surface area contributed by atoms with Gasteiger partial charge in [0.25, 0.3) is 12.3 Å². The molecule has 0 saturated carbocycles. The predicted octanol–water partition coefficient (Wildman–Crippen LogP) is 3.51. The van der Waals surface area contributed by atoms with Crippen LogP contribution in [0.5, 0.6) is 0 Å². The molecule has 0 spiro atoms. The monoisotopic (exact) mass is 416 g/mol. The Bertz CT molecular complexity index is 1110. The second kappa shape index (κ2) is 8.15. The van der Waals surface area contributed by atoms with Crippen molar-refractivity contribution < 1.29 is 28.2 Å². The molecule has 2 N–H and O–H groups in total. The van der Waals surface area contributed by atoms with Crippen LogP contribution < -0.4 is 5.32 Å². The number of fused-ring (bicyclic) bond motifs is 1. The Morgan fingerprint density at radius 1 is 1.23 bits per heavy atom. The number of alkyl halides is 2. The molecule has 8 nitrogen and oxygen atoms in total. The predicted molar refractivity (Wildman–Crippen MR) is 102 cm³/mol. The highest BCUT2D eigenvalue weighted by Crippen LogP contribution is 2.28. The lowest BCUT2D eigenvalue weighted by Crippen LogP contribution is -2.17. The van der Waals surface area contributed by atoms with E-state index in [0.29, 0.717) is 18.7 Å². The minimum atomic E-state index is -2.82. The van der Waals surface area contributed by atoms with Gasteiger partial charge in [0.05, 0.1) is 16.9 Å². The van der Waals surface area contributed by atoms with Gasteiger partial charge in [0, 0.05) is 25.3 Å². The van der Waals surface area contributed by atoms with E-state index in [9.17, 15) is 23.5 Å². The van der Waals surface area contributed by atoms with Crippen molar-refractivity contribution in [3.05, 3.63) is 59.2 Å². The zero-order valence-corrected chi connectivity index (χ0v) is 15.7. The van der Waals surface area contributed by atoms with Crippen molar-refractivity contribution in [1.29, 1.82) is 0 Å². The number of carboxylic acids is 1. The Hall–Kier alpha value is -3.40. The average Bonchev–Trinajstić information content (AvgIpc) is 3.17. The first-order valence-electron chi connectivity index (χ1n) is 9.33. The van der Waals surface area contributed by atoms with Gasteiger partial charge in [0.2, 0.25) is 0 Å². The van der Waals surface area contributed by atoms with Crippen molar-refractivity contribution in [2.75, 3.05) is 18.5 Å². The lowest BCUT2D eigenvalue weighted by atomic mass is 9.97. The molecule has 4 heterocycles. The number of rotatable bonds is 5. The number of carbonyl (C=O) groups is 2. The van der Waals surface area contributed by atoms with E-state index < -0.39 is 24.0 Å². The lowest BCUT2D eigenvalue weighted by molar-refractivity contribution is 0.0697. The van der Waals surface area contributed by atoms with Crippen molar-refractivity contribution in [2.24, 2.45) is 0 Å². The summed E-state index contributed by atoms with van der Waals surface area (Å²) in [6.07, 6.45) is 0.148. The molecule has 1 aliphatic heterocycles. The minimum Gasteiger partial charge on any atom is -0.478 e. The van der Waals surface area contributed by atoms with Crippen LogP contribution >= 0.6 is 0 Å². The number of hydrogen-bond donors (Lipinski definition) is 2. The molecule has 1 aliphatic rings. The normalized spacial score (nSPS) is 14.9. The first-order chi connectivity index (χ1) is 14.4. The first-order valence-corrected chi connectivity index (χ1v) is 9.33. The standard InChI is InChI=1S/C20H18F2N4O4/c21-18(22)14-2-1-3-15(23-14)19(27)24-17-9-12-8-16(11-4-6-30-7-5-11)25-26(12)10-13(17)20(28)29/h1-3,8-11,18H,4-7H2,(H,24,27)(H,28,29). The summed E-state index contributed by atoms with van der Waals surface area (Å²) in [6.45, 7) is 1.29. The van der Waals surface area contributed by atoms with E-state index in [1.165, 1.54) is 28.9 Å². The summed E-state index contributed by atoms with van der Waals surface area (Å²) in [5.41, 5.74) is 0.509. The molecule has 0 radical (unpaired) electrons. The molecule has 0 atom stereocenters. The van der Waals surface area contributed by atoms with E-state index >= 15 is 0 Å². The van der Waals surface area contributed by atoms with E-state index in [4.69, 9.17) is 4.74 Å². The van der Waals surface area contributed by atoms with E-state index in [0.717, 1.165) is 24.6 Å². The number of ether oxygens (including phenoxy) is 1. The van der Waals surface area contributed by atoms with Crippen molar-refractivity contribution in [2.45, 2.75) is 25.2 Å². The second-order valence-corrected chi connectivity index (χ2v) is 6.93. The third kappa shape index (κ3) is 3.99. The molecule has 1 fully saturated rings. The Balaban J connectivity index is 1.66. The molecule has 10 heteroatoms. The fourth-order valence-corrected chi connectivity index (χ4v) is 3.41. The van der Waals surface area contributed by atoms with Crippen LogP contribution in [0.3, 0.4) is 0 Å². The number of carbonyl (C=O) groups excluding carboxylic acids is 1. The molecule has 0 unspecified atom stereocenters. The summed E-state index contributed by atoms with van der Waals surface area (Å²) in [5, 5.41) is 16.5. The zero-order valence-electron chi connectivity index (χ0n) is 15.7. The van der Waals surface area contributed by atoms with Crippen molar-refractivity contribution in [3.8, 4) is 0 Å². The van der Waals surface area contributed by atoms with Crippen LogP contribution in [0, 0.1) is 0 Å². The van der Waals surface area contributed by atoms with Crippen molar-refractivity contribution >= 4 is 23.1 Å². The summed E-state index contributed by atoms with van der Waals surface area (Å²) in [7, 11) is 0. The van der Waals surface area contributed by atoms with Gasteiger partial charge in [-0.2, -0.15) is 5.10 Å². The van der Waals surface area contributed by atoms with Crippen molar-refractivity contribution in [1.82, 2.24) is 14.6 Å². The largest absolute Gasteiger partial charge is 0.478 e. The van der Waals surface area contributed by atoms with Crippen LogP contribution in [0.25, 0.3) is 5.52 Å². The third-order valence-corrected chi connectivity index (χ3v) is 4.96. The molecular formula is C20H18F2N4O4. The maximum absolute atomic E-state index is 12.8. The van der Waals surface area contributed by atoms with E-state index in [-0.39, 0.29) is 22.9 Å². The van der Waals surface area contributed by atoms with E-state index in [2.05, 4.69) is 15.4 Å². The Morgan fingerprint density at radius 2 is 2.00 bits per heavy atom. The number of aromatic carboxylic acids is 1. The Kier molecular flexibility index (Phi) is 5.40. The van der Waals surface area contributed by atoms with Crippen LogP contribution in [0.4, 0.5) is 14.5 Å². The van der Waals surface area contributed by atoms with Gasteiger partial charge in [0.15, 0.2) is 0 Å². The highest BCUT2D eigenvalue weighted by molar-refractivity contribution is 6.07. The minimum absolute atomic E-state index is 0.0303. The number of hydrogen-bond acceptors (Lipinski definition) is 5. The topological polar surface area (TPSA) is 106 Å². The number of nitrogens with zero attached hydrogens (tertiary/aromatic N) is 3. The fourth-order valence-electron chi connectivity index (χ4n) is 3.41. The molecular weight excluding hydrogens is 398 g/mol. The van der Waals surface area contributed by atoms with Gasteiger partial charge in [-0.15, -0.1) is 0 Å². The van der Waals surface area contributed by atoms with E-state index in [1.807, 2.05) is 6.07 Å². The molecule has 156 valence electrons. The summed E-state index contributed by atoms with van der Waals surface area (Å²) >= 11 is 0. The molecule has 0 bridgehead atoms. The Morgan fingerprint density at radius 3 is 2.70 bits per heavy atom. The SMILES string of the molecule is O=C(Nc1cc2cc(C3CCOCC3)nn2cc1C(=O)O)c1cccc(C(F)F)n1. The summed E-state index contributed by atoms with van der Waals surface area (Å²) in [4.78, 5) is 27.8. The van der Waals surface area contributed by atoms with Crippen LogP contribution in [-0.4, -0.2) is 44.8 Å². The van der Waals surface area contributed by atoms with Crippen LogP contribution in [-0.2, 0) is 4.74 Å². The maximum Gasteiger partial charge on any atom is 0.339 e. The van der Waals surface area contributed by atoms with Crippen LogP contribution in [0.15, 0.2) is 36.5 Å². The summed E-state index contributed by atoms with van der Waals surface area (Å²) in [5.74, 6) is -1.83. The van der Waals surface area contributed by atoms with Gasteiger partial charge < -0.3 is 15.2 Å².